The lowest BCUT2D eigenvalue weighted by Gasteiger charge is -2.45. The number of ether oxygens (including phenoxy) is 6. The molecule has 280 valence electrons. The maximum absolute atomic E-state index is 9.94. The second-order valence-corrected chi connectivity index (χ2v) is 11.1. The molecule has 0 aromatic heterocycles. The first-order valence-corrected chi connectivity index (χ1v) is 14.2. The Morgan fingerprint density at radius 1 is 0.340 bits per heavy atom. The zero-order valence-electron chi connectivity index (χ0n) is 24.5. The molecular formula is C24H46O22S. The van der Waals surface area contributed by atoms with E-state index in [0.29, 0.717) is 0 Å². The molecule has 4 aliphatic heterocycles. The van der Waals surface area contributed by atoms with E-state index >= 15 is 0 Å². The summed E-state index contributed by atoms with van der Waals surface area (Å²) in [4.78, 5) is 0. The molecule has 0 spiro atoms. The van der Waals surface area contributed by atoms with Gasteiger partial charge in [0, 0.05) is 0 Å². The molecule has 0 amide bonds. The second-order valence-electron chi connectivity index (χ2n) is 11.1. The van der Waals surface area contributed by atoms with Crippen LogP contribution in [0.4, 0.5) is 0 Å². The van der Waals surface area contributed by atoms with E-state index in [1.54, 1.807) is 0 Å². The Balaban J connectivity index is 0.000000320. The zero-order valence-corrected chi connectivity index (χ0v) is 25.5. The molecule has 4 rings (SSSR count). The van der Waals surface area contributed by atoms with E-state index in [-0.39, 0.29) is 13.5 Å². The first kappa shape index (κ1) is 42.6. The van der Waals surface area contributed by atoms with Gasteiger partial charge in [0.1, 0.15) is 97.7 Å². The molecule has 0 radical (unpaired) electrons. The van der Waals surface area contributed by atoms with Gasteiger partial charge in [0.25, 0.3) is 0 Å². The minimum Gasteiger partial charge on any atom is -0.394 e. The molecule has 0 aliphatic carbocycles. The van der Waals surface area contributed by atoms with Crippen LogP contribution >= 0.6 is 13.5 Å². The molecule has 0 saturated carbocycles. The summed E-state index contributed by atoms with van der Waals surface area (Å²) in [5.41, 5.74) is 0. The summed E-state index contributed by atoms with van der Waals surface area (Å²) in [6.07, 6.45) is -31.1. The predicted molar refractivity (Wildman–Crippen MR) is 148 cm³/mol. The van der Waals surface area contributed by atoms with Crippen molar-refractivity contribution in [2.45, 2.75) is 123 Å². The van der Waals surface area contributed by atoms with Crippen LogP contribution in [-0.2, 0) is 28.4 Å². The fraction of sp³-hybridized carbons (Fsp3) is 1.00. The maximum atomic E-state index is 9.94. The highest BCUT2D eigenvalue weighted by molar-refractivity contribution is 7.59. The van der Waals surface area contributed by atoms with Gasteiger partial charge >= 0.3 is 0 Å². The van der Waals surface area contributed by atoms with Crippen molar-refractivity contribution in [1.29, 1.82) is 0 Å². The van der Waals surface area contributed by atoms with E-state index in [2.05, 4.69) is 0 Å². The van der Waals surface area contributed by atoms with Crippen molar-refractivity contribution >= 4 is 13.5 Å². The third-order valence-corrected chi connectivity index (χ3v) is 7.96. The van der Waals surface area contributed by atoms with Crippen molar-refractivity contribution in [1.82, 2.24) is 0 Å². The minimum atomic E-state index is -1.74. The van der Waals surface area contributed by atoms with E-state index in [1.807, 2.05) is 0 Å². The summed E-state index contributed by atoms with van der Waals surface area (Å²) in [5.74, 6) is 0. The monoisotopic (exact) mass is 718 g/mol. The minimum absolute atomic E-state index is 0. The standard InChI is InChI=1S/2C12H22O11.H2S/c2*13-1-3-5(15)6(16)9(19)12(22-3)23-10-4(2-14)21-11(20)8(18)7(10)17;/h2*3-20H,1-2H2;1H2/t2*3-,4-,5-,6+,7-,8-,9-,10-,11-,12+;/m11./s1. The van der Waals surface area contributed by atoms with Crippen molar-refractivity contribution in [2.75, 3.05) is 26.4 Å². The third-order valence-electron chi connectivity index (χ3n) is 7.96. The molecule has 4 aliphatic rings. The molecule has 4 heterocycles. The van der Waals surface area contributed by atoms with Crippen LogP contribution < -0.4 is 0 Å². The van der Waals surface area contributed by atoms with E-state index in [4.69, 9.17) is 38.6 Å². The lowest BCUT2D eigenvalue weighted by atomic mass is 9.97. The van der Waals surface area contributed by atoms with Gasteiger partial charge in [-0.3, -0.25) is 0 Å². The van der Waals surface area contributed by atoms with Crippen LogP contribution in [0.1, 0.15) is 0 Å². The highest BCUT2D eigenvalue weighted by atomic mass is 32.1. The molecular weight excluding hydrogens is 672 g/mol. The van der Waals surface area contributed by atoms with E-state index < -0.39 is 149 Å². The van der Waals surface area contributed by atoms with Gasteiger partial charge in [0.05, 0.1) is 26.4 Å². The molecule has 0 unspecified atom stereocenters. The number of aliphatic hydroxyl groups excluding tert-OH is 16. The van der Waals surface area contributed by atoms with Crippen LogP contribution in [0.5, 0.6) is 0 Å². The van der Waals surface area contributed by atoms with Crippen molar-refractivity contribution in [3.8, 4) is 0 Å². The Kier molecular flexibility index (Phi) is 16.9. The molecule has 23 heteroatoms. The number of aliphatic hydroxyl groups is 16. The lowest BCUT2D eigenvalue weighted by molar-refractivity contribution is -0.355. The first-order chi connectivity index (χ1) is 21.6. The van der Waals surface area contributed by atoms with E-state index in [1.165, 1.54) is 0 Å². The van der Waals surface area contributed by atoms with Gasteiger partial charge in [-0.25, -0.2) is 0 Å². The molecule has 16 N–H and O–H groups in total. The summed E-state index contributed by atoms with van der Waals surface area (Å²) < 4.78 is 30.5. The van der Waals surface area contributed by atoms with E-state index in [0.717, 1.165) is 0 Å². The predicted octanol–water partition coefficient (Wildman–Crippen LogP) is -10.7. The van der Waals surface area contributed by atoms with Crippen LogP contribution in [0.2, 0.25) is 0 Å². The van der Waals surface area contributed by atoms with Gasteiger partial charge in [-0.15, -0.1) is 0 Å². The molecule has 4 saturated heterocycles. The summed E-state index contributed by atoms with van der Waals surface area (Å²) in [6.45, 7) is -2.69. The van der Waals surface area contributed by atoms with Crippen LogP contribution in [0.15, 0.2) is 0 Å². The highest BCUT2D eigenvalue weighted by Gasteiger charge is 2.51. The van der Waals surface area contributed by atoms with Gasteiger partial charge in [-0.05, 0) is 0 Å². The molecule has 47 heavy (non-hydrogen) atoms. The average molecular weight is 719 g/mol. The molecule has 0 aromatic rings. The fourth-order valence-corrected chi connectivity index (χ4v) is 5.14. The Morgan fingerprint density at radius 2 is 0.638 bits per heavy atom. The summed E-state index contributed by atoms with van der Waals surface area (Å²) in [7, 11) is 0. The fourth-order valence-electron chi connectivity index (χ4n) is 5.14. The van der Waals surface area contributed by atoms with Crippen molar-refractivity contribution in [3.63, 3.8) is 0 Å². The van der Waals surface area contributed by atoms with Gasteiger partial charge in [-0.1, -0.05) is 0 Å². The molecule has 0 aromatic carbocycles. The topological polar surface area (TPSA) is 379 Å². The maximum Gasteiger partial charge on any atom is 0.187 e. The number of rotatable bonds is 8. The highest BCUT2D eigenvalue weighted by Crippen LogP contribution is 2.30. The van der Waals surface area contributed by atoms with Crippen LogP contribution in [0, 0.1) is 0 Å². The first-order valence-electron chi connectivity index (χ1n) is 14.2. The van der Waals surface area contributed by atoms with Crippen molar-refractivity contribution < 1.29 is 110 Å². The second kappa shape index (κ2) is 18.6. The van der Waals surface area contributed by atoms with E-state index in [9.17, 15) is 71.5 Å². The Labute approximate surface area is 273 Å². The Bertz CT molecular complexity index is 833. The summed E-state index contributed by atoms with van der Waals surface area (Å²) in [5, 5.41) is 153. The third kappa shape index (κ3) is 9.43. The normalized spacial score (nSPS) is 50.6. The lowest BCUT2D eigenvalue weighted by Crippen LogP contribution is -2.64. The molecule has 0 bridgehead atoms. The van der Waals surface area contributed by atoms with Crippen LogP contribution in [0.3, 0.4) is 0 Å². The zero-order chi connectivity index (χ0) is 34.6. The van der Waals surface area contributed by atoms with Crippen molar-refractivity contribution in [3.05, 3.63) is 0 Å². The van der Waals surface area contributed by atoms with Gasteiger partial charge in [0.15, 0.2) is 25.2 Å². The average Bonchev–Trinajstić information content (AvgIpc) is 3.05. The number of hydrogen-bond donors (Lipinski definition) is 16. The molecule has 4 fully saturated rings. The molecule has 22 nitrogen and oxygen atoms in total. The van der Waals surface area contributed by atoms with Gasteiger partial charge in [-0.2, -0.15) is 13.5 Å². The number of hydrogen-bond acceptors (Lipinski definition) is 22. The van der Waals surface area contributed by atoms with Gasteiger partial charge < -0.3 is 110 Å². The summed E-state index contributed by atoms with van der Waals surface area (Å²) >= 11 is 0. The van der Waals surface area contributed by atoms with Crippen LogP contribution in [0.25, 0.3) is 0 Å². The van der Waals surface area contributed by atoms with Crippen LogP contribution in [-0.4, -0.2) is 231 Å². The largest absolute Gasteiger partial charge is 0.394 e. The Hall–Kier alpha value is -0.530. The van der Waals surface area contributed by atoms with Crippen molar-refractivity contribution in [2.24, 2.45) is 0 Å². The Morgan fingerprint density at radius 3 is 0.915 bits per heavy atom. The van der Waals surface area contributed by atoms with Gasteiger partial charge in [0.2, 0.25) is 0 Å². The SMILES string of the molecule is OC[C@H]1O[C@@H](O[C@H]2[C@H](O)[C@@H](O)[C@H](O)O[C@@H]2CO)[C@H](O)[C@@H](O)[C@@H]1O.OC[C@H]1O[C@@H](O[C@H]2[C@H](O)[C@@H](O)[C@H](O)O[C@@H]2CO)[C@H](O)[C@@H](O)[C@@H]1O.S. The summed E-state index contributed by atoms with van der Waals surface area (Å²) in [6, 6.07) is 0. The molecule has 20 atom stereocenters. The smallest absolute Gasteiger partial charge is 0.187 e. The quantitative estimate of drug-likeness (QED) is 0.111.